The molecule has 2 atom stereocenters. The Bertz CT molecular complexity index is 183. The van der Waals surface area contributed by atoms with E-state index in [0.29, 0.717) is 0 Å². The van der Waals surface area contributed by atoms with E-state index in [0.717, 1.165) is 0 Å². The second-order valence-corrected chi connectivity index (χ2v) is 6.61. The molecular weight excluding hydrogens is 272 g/mol. The van der Waals surface area contributed by atoms with Crippen LogP contribution in [-0.2, 0) is 9.84 Å². The standard InChI is InChI=1S/C4H6Br2O2S/c5-3-1-9(7,8)2-4(3)6/h3-4H,1-2H2/t3-,4+. The lowest BCUT2D eigenvalue weighted by Crippen LogP contribution is -2.08. The Morgan fingerprint density at radius 3 is 1.56 bits per heavy atom. The lowest BCUT2D eigenvalue weighted by Gasteiger charge is -1.98. The van der Waals surface area contributed by atoms with Gasteiger partial charge in [-0.25, -0.2) is 8.42 Å². The highest BCUT2D eigenvalue weighted by molar-refractivity contribution is 9.12. The van der Waals surface area contributed by atoms with E-state index < -0.39 is 9.84 Å². The van der Waals surface area contributed by atoms with Crippen LogP contribution in [0.1, 0.15) is 0 Å². The van der Waals surface area contributed by atoms with Crippen molar-refractivity contribution in [1.29, 1.82) is 0 Å². The highest BCUT2D eigenvalue weighted by atomic mass is 79.9. The molecule has 0 bridgehead atoms. The molecule has 1 rings (SSSR count). The van der Waals surface area contributed by atoms with E-state index in [9.17, 15) is 8.42 Å². The monoisotopic (exact) mass is 276 g/mol. The van der Waals surface area contributed by atoms with Crippen LogP contribution in [0.4, 0.5) is 0 Å². The molecule has 1 fully saturated rings. The Morgan fingerprint density at radius 1 is 1.11 bits per heavy atom. The summed E-state index contributed by atoms with van der Waals surface area (Å²) in [6.45, 7) is 0. The van der Waals surface area contributed by atoms with Gasteiger partial charge >= 0.3 is 0 Å². The molecule has 0 aromatic rings. The van der Waals surface area contributed by atoms with Gasteiger partial charge in [0.2, 0.25) is 0 Å². The molecule has 5 heteroatoms. The van der Waals surface area contributed by atoms with Crippen LogP contribution in [0.3, 0.4) is 0 Å². The average molecular weight is 278 g/mol. The van der Waals surface area contributed by atoms with Gasteiger partial charge < -0.3 is 0 Å². The minimum atomic E-state index is -2.74. The molecule has 0 radical (unpaired) electrons. The first-order valence-corrected chi connectivity index (χ1v) is 6.15. The van der Waals surface area contributed by atoms with Gasteiger partial charge in [-0.2, -0.15) is 0 Å². The number of hydrogen-bond acceptors (Lipinski definition) is 2. The van der Waals surface area contributed by atoms with Crippen LogP contribution in [0.5, 0.6) is 0 Å². The number of rotatable bonds is 0. The minimum absolute atomic E-state index is 0.0995. The maximum Gasteiger partial charge on any atom is 0.152 e. The largest absolute Gasteiger partial charge is 0.229 e. The highest BCUT2D eigenvalue weighted by Crippen LogP contribution is 2.25. The van der Waals surface area contributed by atoms with Crippen LogP contribution < -0.4 is 0 Å². The molecule has 9 heavy (non-hydrogen) atoms. The maximum atomic E-state index is 10.8. The van der Waals surface area contributed by atoms with Crippen LogP contribution in [0.15, 0.2) is 0 Å². The van der Waals surface area contributed by atoms with E-state index in [4.69, 9.17) is 0 Å². The minimum Gasteiger partial charge on any atom is -0.229 e. The Kier molecular flexibility index (Phi) is 2.23. The number of halogens is 2. The lowest BCUT2D eigenvalue weighted by molar-refractivity contribution is 0.602. The first-order chi connectivity index (χ1) is 4.01. The molecule has 0 aromatic carbocycles. The summed E-state index contributed by atoms with van der Waals surface area (Å²) in [5, 5.41) is 0. The number of hydrogen-bond donors (Lipinski definition) is 0. The third-order valence-corrected chi connectivity index (χ3v) is 6.44. The summed E-state index contributed by atoms with van der Waals surface area (Å²) in [4.78, 5) is 0.199. The molecule has 0 amide bonds. The van der Waals surface area contributed by atoms with E-state index >= 15 is 0 Å². The van der Waals surface area contributed by atoms with Crippen LogP contribution in [0, 0.1) is 0 Å². The van der Waals surface area contributed by atoms with E-state index in [2.05, 4.69) is 31.9 Å². The molecule has 1 saturated heterocycles. The zero-order valence-corrected chi connectivity index (χ0v) is 8.54. The lowest BCUT2D eigenvalue weighted by atomic mass is 10.4. The summed E-state index contributed by atoms with van der Waals surface area (Å²) in [5.74, 6) is 0.534. The molecule has 0 unspecified atom stereocenters. The summed E-state index contributed by atoms with van der Waals surface area (Å²) in [5.41, 5.74) is 0. The van der Waals surface area contributed by atoms with Gasteiger partial charge in [0.05, 0.1) is 11.5 Å². The van der Waals surface area contributed by atoms with Gasteiger partial charge in [0.1, 0.15) is 0 Å². The molecule has 1 heterocycles. The van der Waals surface area contributed by atoms with Crippen molar-refractivity contribution < 1.29 is 8.42 Å². The summed E-state index contributed by atoms with van der Waals surface area (Å²) in [6, 6.07) is 0. The normalized spacial score (nSPS) is 41.1. The second-order valence-electron chi connectivity index (χ2n) is 2.11. The van der Waals surface area contributed by atoms with Gasteiger partial charge in [0.15, 0.2) is 9.84 Å². The van der Waals surface area contributed by atoms with Crippen LogP contribution >= 0.6 is 31.9 Å². The zero-order valence-electron chi connectivity index (χ0n) is 4.55. The first kappa shape index (κ1) is 8.01. The van der Waals surface area contributed by atoms with Crippen molar-refractivity contribution in [3.05, 3.63) is 0 Å². The first-order valence-electron chi connectivity index (χ1n) is 2.50. The fraction of sp³-hybridized carbons (Fsp3) is 1.00. The summed E-state index contributed by atoms with van der Waals surface area (Å²) in [7, 11) is -2.74. The van der Waals surface area contributed by atoms with Gasteiger partial charge in [0.25, 0.3) is 0 Å². The Labute approximate surface area is 71.2 Å². The fourth-order valence-corrected chi connectivity index (χ4v) is 5.62. The third kappa shape index (κ3) is 1.91. The predicted molar refractivity (Wildman–Crippen MR) is 44.1 cm³/mol. The van der Waals surface area contributed by atoms with Gasteiger partial charge in [0, 0.05) is 9.65 Å². The molecule has 2 nitrogen and oxygen atoms in total. The predicted octanol–water partition coefficient (Wildman–Crippen LogP) is 0.942. The number of sulfone groups is 1. The summed E-state index contributed by atoms with van der Waals surface area (Å²) >= 11 is 6.51. The molecule has 0 spiro atoms. The van der Waals surface area contributed by atoms with Gasteiger partial charge in [-0.1, -0.05) is 31.9 Å². The SMILES string of the molecule is O=S1(=O)C[C@@H](Br)[C@@H](Br)C1. The summed E-state index contributed by atoms with van der Waals surface area (Å²) in [6.07, 6.45) is 0. The number of alkyl halides is 2. The summed E-state index contributed by atoms with van der Waals surface area (Å²) < 4.78 is 21.6. The van der Waals surface area contributed by atoms with Crippen LogP contribution in [-0.4, -0.2) is 29.6 Å². The molecule has 54 valence electrons. The maximum absolute atomic E-state index is 10.8. The zero-order chi connectivity index (χ0) is 7.07. The van der Waals surface area contributed by atoms with E-state index in [1.807, 2.05) is 0 Å². The highest BCUT2D eigenvalue weighted by Gasteiger charge is 2.33. The fourth-order valence-electron chi connectivity index (χ4n) is 0.762. The van der Waals surface area contributed by atoms with Gasteiger partial charge in [-0.05, 0) is 0 Å². The van der Waals surface area contributed by atoms with Crippen molar-refractivity contribution in [2.75, 3.05) is 11.5 Å². The van der Waals surface area contributed by atoms with Crippen molar-refractivity contribution >= 4 is 41.7 Å². The second kappa shape index (κ2) is 2.51. The Morgan fingerprint density at radius 2 is 1.44 bits per heavy atom. The Hall–Kier alpha value is 0.910. The Balaban J connectivity index is 2.77. The molecule has 0 aliphatic carbocycles. The third-order valence-electron chi connectivity index (χ3n) is 1.22. The van der Waals surface area contributed by atoms with Crippen LogP contribution in [0.2, 0.25) is 0 Å². The molecule has 0 N–H and O–H groups in total. The van der Waals surface area contributed by atoms with Crippen molar-refractivity contribution in [1.82, 2.24) is 0 Å². The molecule has 1 aliphatic heterocycles. The molecule has 0 saturated carbocycles. The van der Waals surface area contributed by atoms with Crippen molar-refractivity contribution in [2.45, 2.75) is 9.65 Å². The quantitative estimate of drug-likeness (QED) is 0.618. The van der Waals surface area contributed by atoms with Crippen molar-refractivity contribution in [2.24, 2.45) is 0 Å². The van der Waals surface area contributed by atoms with E-state index in [1.54, 1.807) is 0 Å². The molecule has 1 aliphatic rings. The van der Waals surface area contributed by atoms with E-state index in [-0.39, 0.29) is 21.2 Å². The smallest absolute Gasteiger partial charge is 0.152 e. The molecule has 0 aromatic heterocycles. The average Bonchev–Trinajstić information content (AvgIpc) is 1.79. The van der Waals surface area contributed by atoms with Crippen molar-refractivity contribution in [3.63, 3.8) is 0 Å². The topological polar surface area (TPSA) is 34.1 Å². The van der Waals surface area contributed by atoms with E-state index in [1.165, 1.54) is 0 Å². The van der Waals surface area contributed by atoms with Crippen LogP contribution in [0.25, 0.3) is 0 Å². The van der Waals surface area contributed by atoms with Gasteiger partial charge in [-0.15, -0.1) is 0 Å². The van der Waals surface area contributed by atoms with Crippen molar-refractivity contribution in [3.8, 4) is 0 Å². The molecular formula is C4H6Br2O2S. The van der Waals surface area contributed by atoms with Gasteiger partial charge in [-0.3, -0.25) is 0 Å².